The molecule has 0 spiro atoms. The number of guanidine groups is 1. The molecule has 4 aliphatic rings. The number of nitrogens with two attached hydrogens (primary N) is 1. The SMILES string of the molecule is CC(C)=CCN1C(N2CCCC(N)C2)=NC2C1C(=O)N(CC(=O)c1ccccc1C(=O)N1CCOCC1)C(=O)N2C. The van der Waals surface area contributed by atoms with Crippen molar-refractivity contribution >= 4 is 29.6 Å². The predicted octanol–water partition coefficient (Wildman–Crippen LogP) is 0.991. The first-order valence-electron chi connectivity index (χ1n) is 14.2. The van der Waals surface area contributed by atoms with Gasteiger partial charge >= 0.3 is 6.03 Å². The van der Waals surface area contributed by atoms with E-state index in [1.165, 1.54) is 4.90 Å². The molecule has 41 heavy (non-hydrogen) atoms. The summed E-state index contributed by atoms with van der Waals surface area (Å²) in [5.74, 6) is -0.583. The second kappa shape index (κ2) is 12.0. The molecule has 0 radical (unpaired) electrons. The third-order valence-electron chi connectivity index (χ3n) is 8.07. The number of urea groups is 1. The highest BCUT2D eigenvalue weighted by Crippen LogP contribution is 2.30. The number of Topliss-reactive ketones (excluding diaryl/α,β-unsaturated/α-hetero) is 1. The number of imide groups is 1. The van der Waals surface area contributed by atoms with E-state index in [9.17, 15) is 19.2 Å². The minimum Gasteiger partial charge on any atom is -0.378 e. The number of rotatable bonds is 6. The molecule has 220 valence electrons. The Bertz CT molecular complexity index is 1270. The molecule has 4 amide bonds. The van der Waals surface area contributed by atoms with Crippen LogP contribution < -0.4 is 5.73 Å². The zero-order valence-electron chi connectivity index (χ0n) is 24.0. The molecule has 4 aliphatic heterocycles. The molecular formula is C29H39N7O5. The van der Waals surface area contributed by atoms with Gasteiger partial charge in [-0.3, -0.25) is 19.3 Å². The molecule has 2 N–H and O–H groups in total. The number of nitrogens with zero attached hydrogens (tertiary/aromatic N) is 6. The maximum absolute atomic E-state index is 14.0. The van der Waals surface area contributed by atoms with Gasteiger partial charge in [-0.25, -0.2) is 9.79 Å². The number of likely N-dealkylation sites (N-methyl/N-ethyl adjacent to an activating group) is 1. The number of ether oxygens (including phenoxy) is 1. The molecule has 0 saturated carbocycles. The fourth-order valence-electron chi connectivity index (χ4n) is 5.82. The van der Waals surface area contributed by atoms with Crippen LogP contribution >= 0.6 is 0 Å². The van der Waals surface area contributed by atoms with E-state index in [-0.39, 0.29) is 23.1 Å². The van der Waals surface area contributed by atoms with Gasteiger partial charge in [0.1, 0.15) is 0 Å². The van der Waals surface area contributed by atoms with Gasteiger partial charge < -0.3 is 30.1 Å². The highest BCUT2D eigenvalue weighted by molar-refractivity contribution is 6.12. The van der Waals surface area contributed by atoms with E-state index in [1.807, 2.05) is 24.8 Å². The number of fused-ring (bicyclic) bond motifs is 1. The third kappa shape index (κ3) is 5.71. The van der Waals surface area contributed by atoms with E-state index in [1.54, 1.807) is 36.2 Å². The summed E-state index contributed by atoms with van der Waals surface area (Å²) in [5.41, 5.74) is 7.78. The minimum absolute atomic E-state index is 0.00352. The fourth-order valence-corrected chi connectivity index (χ4v) is 5.82. The number of morpholine rings is 1. The number of allylic oxidation sites excluding steroid dienone is 1. The van der Waals surface area contributed by atoms with E-state index >= 15 is 0 Å². The topological polar surface area (TPSA) is 132 Å². The number of hydrogen-bond acceptors (Lipinski definition) is 9. The summed E-state index contributed by atoms with van der Waals surface area (Å²) in [4.78, 5) is 67.3. The Morgan fingerprint density at radius 1 is 1.10 bits per heavy atom. The lowest BCUT2D eigenvalue weighted by atomic mass is 10.0. The van der Waals surface area contributed by atoms with Gasteiger partial charge in [0.25, 0.3) is 11.8 Å². The van der Waals surface area contributed by atoms with Crippen molar-refractivity contribution in [2.75, 3.05) is 59.5 Å². The Kier molecular flexibility index (Phi) is 8.41. The van der Waals surface area contributed by atoms with E-state index in [0.717, 1.165) is 29.9 Å². The first-order chi connectivity index (χ1) is 19.7. The standard InChI is InChI=1S/C29H39N7O5/c1-19(2)10-12-35-24-25(31-28(35)34-11-6-7-20(30)17-34)32(3)29(40)36(27(24)39)18-23(37)21-8-4-5-9-22(21)26(38)33-13-15-41-16-14-33/h4-5,8-10,20,24-25H,6-7,11-18,30H2,1-3H3. The van der Waals surface area contributed by atoms with Crippen molar-refractivity contribution in [3.8, 4) is 0 Å². The predicted molar refractivity (Wildman–Crippen MR) is 152 cm³/mol. The first-order valence-corrected chi connectivity index (χ1v) is 14.2. The molecule has 1 aromatic rings. The van der Waals surface area contributed by atoms with Gasteiger partial charge in [0, 0.05) is 51.4 Å². The van der Waals surface area contributed by atoms with E-state index in [2.05, 4.69) is 4.90 Å². The maximum Gasteiger partial charge on any atom is 0.328 e. The molecule has 0 bridgehead atoms. The number of amides is 4. The van der Waals surface area contributed by atoms with Crippen LogP contribution in [0, 0.1) is 0 Å². The molecule has 0 aliphatic carbocycles. The summed E-state index contributed by atoms with van der Waals surface area (Å²) in [6, 6.07) is 5.18. The van der Waals surface area contributed by atoms with E-state index in [0.29, 0.717) is 45.4 Å². The van der Waals surface area contributed by atoms with Gasteiger partial charge in [-0.05, 0) is 32.8 Å². The van der Waals surface area contributed by atoms with E-state index < -0.39 is 36.5 Å². The molecule has 3 atom stereocenters. The Balaban J connectivity index is 1.40. The van der Waals surface area contributed by atoms with Gasteiger partial charge in [-0.1, -0.05) is 29.8 Å². The van der Waals surface area contributed by atoms with Gasteiger partial charge in [0.15, 0.2) is 24.0 Å². The molecule has 3 saturated heterocycles. The van der Waals surface area contributed by atoms with Crippen LogP contribution in [0.3, 0.4) is 0 Å². The average Bonchev–Trinajstić information content (AvgIpc) is 3.37. The quantitative estimate of drug-likeness (QED) is 0.399. The van der Waals surface area contributed by atoms with Crippen LogP contribution in [-0.2, 0) is 9.53 Å². The zero-order valence-corrected chi connectivity index (χ0v) is 24.0. The smallest absolute Gasteiger partial charge is 0.328 e. The summed E-state index contributed by atoms with van der Waals surface area (Å²) in [5, 5.41) is 0. The number of benzene rings is 1. The largest absolute Gasteiger partial charge is 0.378 e. The Morgan fingerprint density at radius 3 is 2.49 bits per heavy atom. The Morgan fingerprint density at radius 2 is 1.80 bits per heavy atom. The summed E-state index contributed by atoms with van der Waals surface area (Å²) in [7, 11) is 1.60. The van der Waals surface area contributed by atoms with Crippen molar-refractivity contribution in [2.45, 2.75) is 44.9 Å². The van der Waals surface area contributed by atoms with Gasteiger partial charge in [-0.2, -0.15) is 0 Å². The van der Waals surface area contributed by atoms with Crippen LogP contribution in [0.5, 0.6) is 0 Å². The van der Waals surface area contributed by atoms with Gasteiger partial charge in [0.05, 0.1) is 25.3 Å². The maximum atomic E-state index is 14.0. The molecule has 5 rings (SSSR count). The summed E-state index contributed by atoms with van der Waals surface area (Å²) in [6.07, 6.45) is 3.15. The van der Waals surface area contributed by atoms with Crippen LogP contribution in [0.1, 0.15) is 47.4 Å². The second-order valence-corrected chi connectivity index (χ2v) is 11.3. The lowest BCUT2D eigenvalue weighted by Crippen LogP contribution is -2.66. The summed E-state index contributed by atoms with van der Waals surface area (Å²) in [6.45, 7) is 7.05. The monoisotopic (exact) mass is 565 g/mol. The van der Waals surface area contributed by atoms with Gasteiger partial charge in [0.2, 0.25) is 0 Å². The van der Waals surface area contributed by atoms with Crippen molar-refractivity contribution in [2.24, 2.45) is 10.7 Å². The Labute approximate surface area is 240 Å². The molecule has 1 aromatic carbocycles. The van der Waals surface area contributed by atoms with Crippen LogP contribution in [0.2, 0.25) is 0 Å². The molecular weight excluding hydrogens is 526 g/mol. The van der Waals surface area contributed by atoms with Crippen LogP contribution in [-0.4, -0.2) is 132 Å². The lowest BCUT2D eigenvalue weighted by molar-refractivity contribution is -0.136. The van der Waals surface area contributed by atoms with E-state index in [4.69, 9.17) is 15.5 Å². The highest BCUT2D eigenvalue weighted by Gasteiger charge is 2.53. The number of likely N-dealkylation sites (tertiary alicyclic amines) is 1. The molecule has 3 unspecified atom stereocenters. The normalized spacial score (nSPS) is 24.8. The number of piperidine rings is 1. The van der Waals surface area contributed by atoms with Crippen LogP contribution in [0.15, 0.2) is 40.9 Å². The lowest BCUT2D eigenvalue weighted by Gasteiger charge is -2.42. The number of carbonyl (C=O) groups excluding carboxylic acids is 4. The molecule has 12 heteroatoms. The van der Waals surface area contributed by atoms with Crippen molar-refractivity contribution in [3.63, 3.8) is 0 Å². The highest BCUT2D eigenvalue weighted by atomic mass is 16.5. The second-order valence-electron chi connectivity index (χ2n) is 11.3. The molecule has 4 heterocycles. The number of aliphatic imine (C=N–C) groups is 1. The zero-order chi connectivity index (χ0) is 29.3. The van der Waals surface area contributed by atoms with Gasteiger partial charge in [-0.15, -0.1) is 0 Å². The third-order valence-corrected chi connectivity index (χ3v) is 8.07. The minimum atomic E-state index is -0.778. The number of carbonyl (C=O) groups is 4. The van der Waals surface area contributed by atoms with Crippen LogP contribution in [0.25, 0.3) is 0 Å². The first kappa shape index (κ1) is 28.7. The number of ketones is 1. The summed E-state index contributed by atoms with van der Waals surface area (Å²) >= 11 is 0. The van der Waals surface area contributed by atoms with Crippen LogP contribution in [0.4, 0.5) is 4.79 Å². The molecule has 0 aromatic heterocycles. The van der Waals surface area contributed by atoms with Crippen molar-refractivity contribution in [1.82, 2.24) is 24.5 Å². The Hall–Kier alpha value is -3.77. The van der Waals surface area contributed by atoms with Crippen molar-refractivity contribution in [3.05, 3.63) is 47.0 Å². The van der Waals surface area contributed by atoms with Crippen molar-refractivity contribution in [1.29, 1.82) is 0 Å². The van der Waals surface area contributed by atoms with Crippen molar-refractivity contribution < 1.29 is 23.9 Å². The summed E-state index contributed by atoms with van der Waals surface area (Å²) < 4.78 is 5.35. The number of hydrogen-bond donors (Lipinski definition) is 1. The molecule has 3 fully saturated rings. The average molecular weight is 566 g/mol. The molecule has 12 nitrogen and oxygen atoms in total. The fraction of sp³-hybridized carbons (Fsp3) is 0.552.